The summed E-state index contributed by atoms with van der Waals surface area (Å²) in [4.78, 5) is 19.1. The SMILES string of the molecule is O=[N+]([O-])c1ccc(O)c(C=Nc2ccc(Cl)c(-c3nc4ccccc4o3)c2)c1. The van der Waals surface area contributed by atoms with E-state index in [2.05, 4.69) is 9.98 Å². The zero-order chi connectivity index (χ0) is 19.7. The van der Waals surface area contributed by atoms with Crippen LogP contribution < -0.4 is 0 Å². The summed E-state index contributed by atoms with van der Waals surface area (Å²) in [7, 11) is 0. The Hall–Kier alpha value is -3.71. The zero-order valence-electron chi connectivity index (χ0n) is 14.2. The lowest BCUT2D eigenvalue weighted by atomic mass is 10.2. The van der Waals surface area contributed by atoms with Crippen molar-refractivity contribution in [3.05, 3.63) is 81.4 Å². The van der Waals surface area contributed by atoms with Gasteiger partial charge in [0, 0.05) is 23.9 Å². The lowest BCUT2D eigenvalue weighted by Crippen LogP contribution is -1.90. The fraction of sp³-hybridized carbons (Fsp3) is 0. The van der Waals surface area contributed by atoms with Crippen LogP contribution in [0.4, 0.5) is 11.4 Å². The molecular weight excluding hydrogens is 382 g/mol. The van der Waals surface area contributed by atoms with Gasteiger partial charge in [0.2, 0.25) is 5.89 Å². The molecule has 0 unspecified atom stereocenters. The molecule has 0 saturated heterocycles. The average molecular weight is 394 g/mol. The molecule has 0 aliphatic carbocycles. The van der Waals surface area contributed by atoms with Gasteiger partial charge in [0.1, 0.15) is 11.3 Å². The molecule has 0 spiro atoms. The van der Waals surface area contributed by atoms with Gasteiger partial charge < -0.3 is 9.52 Å². The minimum Gasteiger partial charge on any atom is -0.507 e. The highest BCUT2D eigenvalue weighted by molar-refractivity contribution is 6.33. The van der Waals surface area contributed by atoms with E-state index in [-0.39, 0.29) is 17.0 Å². The summed E-state index contributed by atoms with van der Waals surface area (Å²) in [6.07, 6.45) is 1.35. The Morgan fingerprint density at radius 1 is 1.14 bits per heavy atom. The Labute approximate surface area is 163 Å². The molecule has 0 amide bonds. The highest BCUT2D eigenvalue weighted by atomic mass is 35.5. The minimum absolute atomic E-state index is 0.109. The van der Waals surface area contributed by atoms with Gasteiger partial charge in [0.15, 0.2) is 5.58 Å². The number of nitrogens with zero attached hydrogens (tertiary/aromatic N) is 3. The van der Waals surface area contributed by atoms with Gasteiger partial charge in [-0.15, -0.1) is 0 Å². The molecule has 0 atom stereocenters. The minimum atomic E-state index is -0.537. The van der Waals surface area contributed by atoms with Gasteiger partial charge in [0.25, 0.3) is 5.69 Å². The van der Waals surface area contributed by atoms with Crippen molar-refractivity contribution in [3.8, 4) is 17.2 Å². The molecule has 138 valence electrons. The van der Waals surface area contributed by atoms with E-state index in [0.29, 0.717) is 33.3 Å². The van der Waals surface area contributed by atoms with E-state index in [4.69, 9.17) is 16.0 Å². The number of hydrogen-bond donors (Lipinski definition) is 1. The number of non-ortho nitro benzene ring substituents is 1. The van der Waals surface area contributed by atoms with Crippen molar-refractivity contribution < 1.29 is 14.4 Å². The van der Waals surface area contributed by atoms with Crippen LogP contribution in [0.2, 0.25) is 5.02 Å². The van der Waals surface area contributed by atoms with E-state index in [9.17, 15) is 15.2 Å². The highest BCUT2D eigenvalue weighted by Crippen LogP contribution is 2.33. The lowest BCUT2D eigenvalue weighted by molar-refractivity contribution is -0.384. The number of aromatic nitrogens is 1. The van der Waals surface area contributed by atoms with E-state index >= 15 is 0 Å². The number of halogens is 1. The van der Waals surface area contributed by atoms with E-state index < -0.39 is 4.92 Å². The molecule has 1 aromatic heterocycles. The third kappa shape index (κ3) is 3.43. The van der Waals surface area contributed by atoms with Gasteiger partial charge in [0.05, 0.1) is 21.2 Å². The smallest absolute Gasteiger partial charge is 0.270 e. The number of fused-ring (bicyclic) bond motifs is 1. The summed E-state index contributed by atoms with van der Waals surface area (Å²) in [5.41, 5.74) is 2.53. The second kappa shape index (κ2) is 7.13. The lowest BCUT2D eigenvalue weighted by Gasteiger charge is -2.02. The molecule has 1 N–H and O–H groups in total. The monoisotopic (exact) mass is 393 g/mol. The predicted molar refractivity (Wildman–Crippen MR) is 106 cm³/mol. The molecule has 28 heavy (non-hydrogen) atoms. The maximum absolute atomic E-state index is 10.9. The van der Waals surface area contributed by atoms with Crippen LogP contribution in [0.3, 0.4) is 0 Å². The molecule has 1 heterocycles. The first-order chi connectivity index (χ1) is 13.5. The Bertz CT molecular complexity index is 1200. The molecule has 4 rings (SSSR count). The van der Waals surface area contributed by atoms with Crippen LogP contribution in [-0.2, 0) is 0 Å². The van der Waals surface area contributed by atoms with E-state index in [0.717, 1.165) is 0 Å². The molecule has 0 bridgehead atoms. The largest absolute Gasteiger partial charge is 0.507 e. The van der Waals surface area contributed by atoms with Gasteiger partial charge in [-0.25, -0.2) is 4.98 Å². The van der Waals surface area contributed by atoms with Crippen LogP contribution in [-0.4, -0.2) is 21.2 Å². The normalized spacial score (nSPS) is 11.3. The van der Waals surface area contributed by atoms with Crippen LogP contribution in [0.5, 0.6) is 5.75 Å². The van der Waals surface area contributed by atoms with E-state index in [1.54, 1.807) is 18.2 Å². The number of nitro benzene ring substituents is 1. The fourth-order valence-corrected chi connectivity index (χ4v) is 2.85. The van der Waals surface area contributed by atoms with Crippen LogP contribution in [0.1, 0.15) is 5.56 Å². The summed E-state index contributed by atoms with van der Waals surface area (Å²) in [5, 5.41) is 21.2. The molecule has 4 aromatic rings. The van der Waals surface area contributed by atoms with E-state index in [1.165, 1.54) is 24.4 Å². The second-order valence-corrected chi connectivity index (χ2v) is 6.32. The summed E-state index contributed by atoms with van der Waals surface area (Å²) in [6.45, 7) is 0. The van der Waals surface area contributed by atoms with Gasteiger partial charge in [-0.2, -0.15) is 0 Å². The van der Waals surface area contributed by atoms with Crippen molar-refractivity contribution in [1.82, 2.24) is 4.98 Å². The molecule has 0 aliphatic heterocycles. The summed E-state index contributed by atoms with van der Waals surface area (Å²) in [5.74, 6) is 0.254. The topological polar surface area (TPSA) is 102 Å². The average Bonchev–Trinajstić information content (AvgIpc) is 3.12. The maximum Gasteiger partial charge on any atom is 0.270 e. The van der Waals surface area contributed by atoms with Crippen molar-refractivity contribution in [2.45, 2.75) is 0 Å². The number of para-hydroxylation sites is 2. The number of aliphatic imine (C=N–C) groups is 1. The molecule has 8 heteroatoms. The summed E-state index contributed by atoms with van der Waals surface area (Å²) in [6, 6.07) is 16.1. The molecule has 7 nitrogen and oxygen atoms in total. The molecule has 3 aromatic carbocycles. The van der Waals surface area contributed by atoms with Gasteiger partial charge in [-0.1, -0.05) is 23.7 Å². The highest BCUT2D eigenvalue weighted by Gasteiger charge is 2.13. The number of oxazole rings is 1. The molecular formula is C20H12ClN3O4. The predicted octanol–water partition coefficient (Wildman–Crippen LogP) is 5.51. The third-order valence-electron chi connectivity index (χ3n) is 4.05. The Morgan fingerprint density at radius 3 is 2.75 bits per heavy atom. The van der Waals surface area contributed by atoms with Crippen molar-refractivity contribution in [2.24, 2.45) is 4.99 Å². The van der Waals surface area contributed by atoms with E-state index in [1.807, 2.05) is 24.3 Å². The standard InChI is InChI=1S/C20H12ClN3O4/c21-16-7-5-13(22-11-12-9-14(24(26)27)6-8-18(12)25)10-15(16)20-23-17-3-1-2-4-19(17)28-20/h1-11,25H. The molecule has 0 saturated carbocycles. The third-order valence-corrected chi connectivity index (χ3v) is 4.38. The maximum atomic E-state index is 10.9. The quantitative estimate of drug-likeness (QED) is 0.279. The van der Waals surface area contributed by atoms with Crippen molar-refractivity contribution in [3.63, 3.8) is 0 Å². The van der Waals surface area contributed by atoms with Gasteiger partial charge in [-0.05, 0) is 36.4 Å². The van der Waals surface area contributed by atoms with Crippen LogP contribution in [0, 0.1) is 10.1 Å². The number of rotatable bonds is 4. The number of benzene rings is 3. The number of aromatic hydroxyl groups is 1. The summed E-state index contributed by atoms with van der Waals surface area (Å²) >= 11 is 6.29. The second-order valence-electron chi connectivity index (χ2n) is 5.91. The van der Waals surface area contributed by atoms with Gasteiger partial charge >= 0.3 is 0 Å². The van der Waals surface area contributed by atoms with Crippen LogP contribution >= 0.6 is 11.6 Å². The molecule has 0 radical (unpaired) electrons. The number of hydrogen-bond acceptors (Lipinski definition) is 6. The first-order valence-corrected chi connectivity index (χ1v) is 8.56. The van der Waals surface area contributed by atoms with Crippen LogP contribution in [0.15, 0.2) is 70.1 Å². The number of nitro groups is 1. The number of phenols is 1. The molecule has 0 fully saturated rings. The molecule has 0 aliphatic rings. The van der Waals surface area contributed by atoms with Crippen molar-refractivity contribution in [1.29, 1.82) is 0 Å². The van der Waals surface area contributed by atoms with Gasteiger partial charge in [-0.3, -0.25) is 15.1 Å². The Morgan fingerprint density at radius 2 is 1.96 bits per heavy atom. The number of phenolic OH excluding ortho intramolecular Hbond substituents is 1. The Balaban J connectivity index is 1.70. The van der Waals surface area contributed by atoms with Crippen LogP contribution in [0.25, 0.3) is 22.6 Å². The Kier molecular flexibility index (Phi) is 4.50. The summed E-state index contributed by atoms with van der Waals surface area (Å²) < 4.78 is 5.75. The zero-order valence-corrected chi connectivity index (χ0v) is 15.0. The fourth-order valence-electron chi connectivity index (χ4n) is 2.65. The first kappa shape index (κ1) is 17.7. The van der Waals surface area contributed by atoms with Crippen molar-refractivity contribution in [2.75, 3.05) is 0 Å². The first-order valence-electron chi connectivity index (χ1n) is 8.18. The van der Waals surface area contributed by atoms with Crippen molar-refractivity contribution >= 4 is 40.3 Å².